The Labute approximate surface area is 152 Å². The van der Waals surface area contributed by atoms with E-state index in [1.54, 1.807) is 37.3 Å². The summed E-state index contributed by atoms with van der Waals surface area (Å²) in [6.45, 7) is 1.46. The number of aromatic nitrogens is 4. The van der Waals surface area contributed by atoms with E-state index in [0.29, 0.717) is 23.7 Å². The molecule has 2 heterocycles. The van der Waals surface area contributed by atoms with Crippen LogP contribution in [0.1, 0.15) is 25.7 Å². The molecule has 1 aromatic heterocycles. The van der Waals surface area contributed by atoms with Gasteiger partial charge in [-0.1, -0.05) is 0 Å². The van der Waals surface area contributed by atoms with Crippen LogP contribution in [0.2, 0.25) is 0 Å². The van der Waals surface area contributed by atoms with E-state index in [4.69, 9.17) is 9.47 Å². The molecule has 1 N–H and O–H groups in total. The van der Waals surface area contributed by atoms with Gasteiger partial charge in [0.1, 0.15) is 12.1 Å². The molecule has 0 saturated carbocycles. The summed E-state index contributed by atoms with van der Waals surface area (Å²) in [5, 5.41) is 14.0. The number of nitrogens with zero attached hydrogens (tertiary/aromatic N) is 5. The summed E-state index contributed by atoms with van der Waals surface area (Å²) >= 11 is 0. The molecule has 0 aliphatic carbocycles. The molecule has 0 bridgehead atoms. The van der Waals surface area contributed by atoms with Crippen LogP contribution in [0.5, 0.6) is 5.75 Å². The average molecular weight is 360 g/mol. The molecule has 2 amide bonds. The van der Waals surface area contributed by atoms with Crippen LogP contribution in [0.4, 0.5) is 10.5 Å². The standard InChI is InChI=1S/C17H24N6O3/c1-22(7-6-15-5-3-4-8-26-15)17(24)19-13-9-14(11-16(10-13)25-2)23-12-18-20-21-23/h9-12,15H,3-8H2,1-2H3,(H,19,24)/t15-/m1/s1. The molecule has 1 atom stereocenters. The molecule has 1 aliphatic rings. The summed E-state index contributed by atoms with van der Waals surface area (Å²) in [6.07, 6.45) is 5.98. The molecular weight excluding hydrogens is 336 g/mol. The van der Waals surface area contributed by atoms with Crippen LogP contribution < -0.4 is 10.1 Å². The van der Waals surface area contributed by atoms with E-state index >= 15 is 0 Å². The molecular formula is C17H24N6O3. The van der Waals surface area contributed by atoms with Gasteiger partial charge in [0.25, 0.3) is 0 Å². The summed E-state index contributed by atoms with van der Waals surface area (Å²) in [4.78, 5) is 14.1. The monoisotopic (exact) mass is 360 g/mol. The fourth-order valence-electron chi connectivity index (χ4n) is 2.88. The summed E-state index contributed by atoms with van der Waals surface area (Å²) in [5.41, 5.74) is 1.31. The van der Waals surface area contributed by atoms with Gasteiger partial charge in [0, 0.05) is 38.0 Å². The van der Waals surface area contributed by atoms with Gasteiger partial charge in [-0.2, -0.15) is 0 Å². The van der Waals surface area contributed by atoms with Crippen LogP contribution in [0.25, 0.3) is 5.69 Å². The second-order valence-electron chi connectivity index (χ2n) is 6.30. The first-order valence-corrected chi connectivity index (χ1v) is 8.72. The second kappa shape index (κ2) is 8.61. The number of benzene rings is 1. The van der Waals surface area contributed by atoms with Gasteiger partial charge in [-0.3, -0.25) is 0 Å². The van der Waals surface area contributed by atoms with Crippen molar-refractivity contribution in [1.82, 2.24) is 25.1 Å². The minimum Gasteiger partial charge on any atom is -0.497 e. The molecule has 1 aliphatic heterocycles. The number of urea groups is 1. The fraction of sp³-hybridized carbons (Fsp3) is 0.529. The Morgan fingerprint density at radius 2 is 2.31 bits per heavy atom. The minimum absolute atomic E-state index is 0.184. The number of tetrazole rings is 1. The van der Waals surface area contributed by atoms with Gasteiger partial charge in [-0.15, -0.1) is 5.10 Å². The first-order chi connectivity index (χ1) is 12.7. The SMILES string of the molecule is COc1cc(NC(=O)N(C)CC[C@H]2CCCCO2)cc(-n2cnnn2)c1. The lowest BCUT2D eigenvalue weighted by molar-refractivity contribution is 0.00848. The summed E-state index contributed by atoms with van der Waals surface area (Å²) in [6, 6.07) is 5.14. The van der Waals surface area contributed by atoms with Gasteiger partial charge in [0.2, 0.25) is 0 Å². The van der Waals surface area contributed by atoms with Crippen LogP contribution in [-0.4, -0.2) is 64.6 Å². The van der Waals surface area contributed by atoms with Crippen LogP contribution in [-0.2, 0) is 4.74 Å². The summed E-state index contributed by atoms with van der Waals surface area (Å²) in [7, 11) is 3.35. The maximum Gasteiger partial charge on any atom is 0.321 e. The molecule has 0 unspecified atom stereocenters. The number of ether oxygens (including phenoxy) is 2. The Kier molecular flexibility index (Phi) is 6.00. The number of rotatable bonds is 6. The van der Waals surface area contributed by atoms with E-state index in [1.165, 1.54) is 17.4 Å². The molecule has 1 saturated heterocycles. The van der Waals surface area contributed by atoms with Crippen molar-refractivity contribution in [2.75, 3.05) is 32.6 Å². The molecule has 9 heteroatoms. The average Bonchev–Trinajstić information content (AvgIpc) is 3.21. The first-order valence-electron chi connectivity index (χ1n) is 8.72. The zero-order valence-corrected chi connectivity index (χ0v) is 15.1. The molecule has 26 heavy (non-hydrogen) atoms. The smallest absolute Gasteiger partial charge is 0.321 e. The van der Waals surface area contributed by atoms with Crippen LogP contribution in [0.15, 0.2) is 24.5 Å². The molecule has 2 aromatic rings. The van der Waals surface area contributed by atoms with Gasteiger partial charge < -0.3 is 19.7 Å². The van der Waals surface area contributed by atoms with Crippen molar-refractivity contribution in [2.45, 2.75) is 31.8 Å². The van der Waals surface area contributed by atoms with Gasteiger partial charge in [-0.25, -0.2) is 9.48 Å². The highest BCUT2D eigenvalue weighted by Gasteiger charge is 2.17. The third-order valence-electron chi connectivity index (χ3n) is 4.40. The molecule has 3 rings (SSSR count). The maximum atomic E-state index is 12.5. The number of nitrogens with one attached hydrogen (secondary N) is 1. The van der Waals surface area contributed by atoms with Gasteiger partial charge in [-0.05, 0) is 42.2 Å². The van der Waals surface area contributed by atoms with Crippen molar-refractivity contribution >= 4 is 11.7 Å². The zero-order valence-electron chi connectivity index (χ0n) is 15.1. The molecule has 140 valence electrons. The third-order valence-corrected chi connectivity index (χ3v) is 4.40. The van der Waals surface area contributed by atoms with E-state index in [2.05, 4.69) is 20.8 Å². The largest absolute Gasteiger partial charge is 0.497 e. The topological polar surface area (TPSA) is 94.4 Å². The Hall–Kier alpha value is -2.68. The van der Waals surface area contributed by atoms with E-state index in [9.17, 15) is 4.79 Å². The van der Waals surface area contributed by atoms with Crippen molar-refractivity contribution in [3.8, 4) is 11.4 Å². The third kappa shape index (κ3) is 4.69. The number of carbonyl (C=O) groups excluding carboxylic acids is 1. The Morgan fingerprint density at radius 1 is 1.42 bits per heavy atom. The normalized spacial score (nSPS) is 16.9. The number of methoxy groups -OCH3 is 1. The van der Waals surface area contributed by atoms with Gasteiger partial charge in [0.15, 0.2) is 0 Å². The number of anilines is 1. The molecule has 0 spiro atoms. The lowest BCUT2D eigenvalue weighted by Gasteiger charge is -2.25. The number of carbonyl (C=O) groups is 1. The van der Waals surface area contributed by atoms with Crippen molar-refractivity contribution in [2.24, 2.45) is 0 Å². The Morgan fingerprint density at radius 3 is 3.00 bits per heavy atom. The number of hydrogen-bond donors (Lipinski definition) is 1. The molecule has 1 aromatic carbocycles. The highest BCUT2D eigenvalue weighted by Crippen LogP contribution is 2.23. The molecule has 9 nitrogen and oxygen atoms in total. The predicted octanol–water partition coefficient (Wildman–Crippen LogP) is 2.09. The molecule has 1 fully saturated rings. The van der Waals surface area contributed by atoms with Crippen molar-refractivity contribution < 1.29 is 14.3 Å². The van der Waals surface area contributed by atoms with Crippen LogP contribution in [0.3, 0.4) is 0 Å². The van der Waals surface area contributed by atoms with E-state index < -0.39 is 0 Å². The zero-order chi connectivity index (χ0) is 18.4. The minimum atomic E-state index is -0.184. The van der Waals surface area contributed by atoms with Crippen molar-refractivity contribution in [3.05, 3.63) is 24.5 Å². The van der Waals surface area contributed by atoms with Gasteiger partial charge >= 0.3 is 6.03 Å². The Bertz CT molecular complexity index is 715. The van der Waals surface area contributed by atoms with E-state index in [0.717, 1.165) is 25.9 Å². The number of hydrogen-bond acceptors (Lipinski definition) is 6. The second-order valence-corrected chi connectivity index (χ2v) is 6.30. The predicted molar refractivity (Wildman–Crippen MR) is 95.6 cm³/mol. The first kappa shape index (κ1) is 18.1. The number of amides is 2. The van der Waals surface area contributed by atoms with Crippen molar-refractivity contribution in [3.63, 3.8) is 0 Å². The van der Waals surface area contributed by atoms with E-state index in [-0.39, 0.29) is 12.1 Å². The molecule has 0 radical (unpaired) electrons. The fourth-order valence-corrected chi connectivity index (χ4v) is 2.88. The quantitative estimate of drug-likeness (QED) is 0.848. The lowest BCUT2D eigenvalue weighted by atomic mass is 10.1. The maximum absolute atomic E-state index is 12.5. The van der Waals surface area contributed by atoms with E-state index in [1.807, 2.05) is 0 Å². The summed E-state index contributed by atoms with van der Waals surface area (Å²) < 4.78 is 12.5. The highest BCUT2D eigenvalue weighted by molar-refractivity contribution is 5.89. The van der Waals surface area contributed by atoms with Crippen molar-refractivity contribution in [1.29, 1.82) is 0 Å². The lowest BCUT2D eigenvalue weighted by Crippen LogP contribution is -2.34. The van der Waals surface area contributed by atoms with Crippen LogP contribution >= 0.6 is 0 Å². The van der Waals surface area contributed by atoms with Gasteiger partial charge in [0.05, 0.1) is 18.9 Å². The Balaban J connectivity index is 1.61. The summed E-state index contributed by atoms with van der Waals surface area (Å²) in [5.74, 6) is 0.603. The highest BCUT2D eigenvalue weighted by atomic mass is 16.5. The van der Waals surface area contributed by atoms with Crippen LogP contribution in [0, 0.1) is 0 Å².